The summed E-state index contributed by atoms with van der Waals surface area (Å²) in [5.41, 5.74) is 0.423. The first-order chi connectivity index (χ1) is 13.2. The first-order valence-corrected chi connectivity index (χ1v) is 17.9. The molecule has 5 nitrogen and oxygen atoms in total. The standard InChI is InChI=1S/C20H44O5Si3/c1-10-26(11-2,12-3)24-28(22-9,25-27(13-4,14-5)15-6)18-16-17-23-20(21)19(7)8/h7,10-18H2,1-6,8-9H3. The molecule has 8 heteroatoms. The van der Waals surface area contributed by atoms with Crippen LogP contribution in [0.25, 0.3) is 0 Å². The van der Waals surface area contributed by atoms with Crippen LogP contribution in [0.2, 0.25) is 42.3 Å². The van der Waals surface area contributed by atoms with Crippen molar-refractivity contribution in [2.45, 2.75) is 97.2 Å². The van der Waals surface area contributed by atoms with Gasteiger partial charge in [-0.05, 0) is 49.6 Å². The summed E-state index contributed by atoms with van der Waals surface area (Å²) >= 11 is 0. The predicted octanol–water partition coefficient (Wildman–Crippen LogP) is 6.12. The Labute approximate surface area is 176 Å². The monoisotopic (exact) mass is 448 g/mol. The lowest BCUT2D eigenvalue weighted by Gasteiger charge is -2.44. The van der Waals surface area contributed by atoms with Gasteiger partial charge in [0.05, 0.1) is 6.61 Å². The molecule has 0 spiro atoms. The molecule has 0 aliphatic rings. The lowest BCUT2D eigenvalue weighted by Crippen LogP contribution is -2.60. The topological polar surface area (TPSA) is 54.0 Å². The third kappa shape index (κ3) is 7.87. The quantitative estimate of drug-likeness (QED) is 0.123. The summed E-state index contributed by atoms with van der Waals surface area (Å²) in [6.45, 7) is 19.0. The molecule has 0 fully saturated rings. The van der Waals surface area contributed by atoms with Crippen molar-refractivity contribution in [2.75, 3.05) is 13.7 Å². The van der Waals surface area contributed by atoms with Crippen LogP contribution in [0.3, 0.4) is 0 Å². The van der Waals surface area contributed by atoms with Crippen molar-refractivity contribution in [3.8, 4) is 0 Å². The molecule has 0 saturated carbocycles. The second-order valence-corrected chi connectivity index (χ2v) is 20.5. The minimum Gasteiger partial charge on any atom is -0.462 e. The largest absolute Gasteiger partial charge is 0.479 e. The molecule has 0 N–H and O–H groups in total. The molecule has 0 aromatic rings. The Bertz CT molecular complexity index is 438. The fraction of sp³-hybridized carbons (Fsp3) is 0.850. The van der Waals surface area contributed by atoms with Crippen molar-refractivity contribution in [2.24, 2.45) is 0 Å². The van der Waals surface area contributed by atoms with Gasteiger partial charge in [-0.1, -0.05) is 48.1 Å². The molecule has 0 rings (SSSR count). The zero-order chi connectivity index (χ0) is 21.8. The van der Waals surface area contributed by atoms with Crippen LogP contribution in [0.1, 0.15) is 54.9 Å². The molecule has 0 unspecified atom stereocenters. The van der Waals surface area contributed by atoms with Gasteiger partial charge in [0, 0.05) is 18.7 Å². The molecule has 0 aromatic carbocycles. The zero-order valence-corrected chi connectivity index (χ0v) is 22.6. The molecule has 0 heterocycles. The highest BCUT2D eigenvalue weighted by atomic mass is 28.5. The van der Waals surface area contributed by atoms with Crippen LogP contribution in [0.5, 0.6) is 0 Å². The molecular formula is C20H44O5Si3. The van der Waals surface area contributed by atoms with Crippen molar-refractivity contribution < 1.29 is 22.2 Å². The normalized spacial score (nSPS) is 12.9. The van der Waals surface area contributed by atoms with Gasteiger partial charge in [0.25, 0.3) is 0 Å². The highest BCUT2D eigenvalue weighted by Crippen LogP contribution is 2.34. The summed E-state index contributed by atoms with van der Waals surface area (Å²) in [6.07, 6.45) is 0.683. The number of hydrogen-bond donors (Lipinski definition) is 0. The fourth-order valence-electron chi connectivity index (χ4n) is 3.48. The predicted molar refractivity (Wildman–Crippen MR) is 125 cm³/mol. The van der Waals surface area contributed by atoms with Gasteiger partial charge < -0.3 is 17.4 Å². The average molecular weight is 449 g/mol. The lowest BCUT2D eigenvalue weighted by molar-refractivity contribution is -0.139. The third-order valence-corrected chi connectivity index (χ3v) is 21.4. The van der Waals surface area contributed by atoms with Crippen LogP contribution >= 0.6 is 0 Å². The van der Waals surface area contributed by atoms with Crippen molar-refractivity contribution in [3.63, 3.8) is 0 Å². The summed E-state index contributed by atoms with van der Waals surface area (Å²) in [6, 6.07) is 7.05. The van der Waals surface area contributed by atoms with Crippen molar-refractivity contribution in [3.05, 3.63) is 12.2 Å². The van der Waals surface area contributed by atoms with E-state index in [0.717, 1.165) is 36.3 Å². The number of esters is 1. The Morgan fingerprint density at radius 2 is 1.21 bits per heavy atom. The molecule has 0 aromatic heterocycles. The number of hydrogen-bond acceptors (Lipinski definition) is 5. The van der Waals surface area contributed by atoms with Crippen LogP contribution in [-0.2, 0) is 22.2 Å². The summed E-state index contributed by atoms with van der Waals surface area (Å²) in [5.74, 6) is -0.342. The highest BCUT2D eigenvalue weighted by Gasteiger charge is 2.51. The lowest BCUT2D eigenvalue weighted by atomic mass is 10.4. The number of carbonyl (C=O) groups excluding carboxylic acids is 1. The molecule has 28 heavy (non-hydrogen) atoms. The van der Waals surface area contributed by atoms with Crippen molar-refractivity contribution >= 4 is 31.4 Å². The van der Waals surface area contributed by atoms with E-state index >= 15 is 0 Å². The highest BCUT2D eigenvalue weighted by molar-refractivity contribution is 6.87. The van der Waals surface area contributed by atoms with Gasteiger partial charge in [-0.3, -0.25) is 0 Å². The second-order valence-electron chi connectivity index (χ2n) is 7.60. The van der Waals surface area contributed by atoms with E-state index < -0.39 is 25.4 Å². The van der Waals surface area contributed by atoms with E-state index in [0.29, 0.717) is 24.6 Å². The summed E-state index contributed by atoms with van der Waals surface area (Å²) < 4.78 is 25.3. The minimum absolute atomic E-state index is 0.342. The maximum Gasteiger partial charge on any atom is 0.479 e. The van der Waals surface area contributed by atoms with Gasteiger partial charge in [-0.2, -0.15) is 0 Å². The number of rotatable bonds is 16. The van der Waals surface area contributed by atoms with Crippen LogP contribution in [0, 0.1) is 0 Å². The Balaban J connectivity index is 5.58. The molecule has 0 bridgehead atoms. The maximum atomic E-state index is 11.7. The van der Waals surface area contributed by atoms with Gasteiger partial charge in [0.1, 0.15) is 0 Å². The van der Waals surface area contributed by atoms with Crippen molar-refractivity contribution in [1.82, 2.24) is 0 Å². The Kier molecular flexibility index (Phi) is 13.0. The maximum absolute atomic E-state index is 11.7. The summed E-state index contributed by atoms with van der Waals surface area (Å²) in [4.78, 5) is 11.7. The molecule has 0 aliphatic heterocycles. The number of ether oxygens (including phenoxy) is 1. The zero-order valence-electron chi connectivity index (χ0n) is 19.6. The van der Waals surface area contributed by atoms with Gasteiger partial charge in [0.2, 0.25) is 0 Å². The third-order valence-electron chi connectivity index (χ3n) is 6.13. The van der Waals surface area contributed by atoms with E-state index in [4.69, 9.17) is 17.4 Å². The molecule has 0 saturated heterocycles. The number of carbonyl (C=O) groups is 1. The molecule has 0 aliphatic carbocycles. The first kappa shape index (κ1) is 27.7. The smallest absolute Gasteiger partial charge is 0.462 e. The van der Waals surface area contributed by atoms with E-state index in [2.05, 4.69) is 48.1 Å². The molecule has 0 amide bonds. The Morgan fingerprint density at radius 3 is 1.50 bits per heavy atom. The fourth-order valence-corrected chi connectivity index (χ4v) is 18.0. The van der Waals surface area contributed by atoms with Crippen LogP contribution in [0.4, 0.5) is 0 Å². The van der Waals surface area contributed by atoms with E-state index in [1.807, 2.05) is 0 Å². The SMILES string of the molecule is C=C(C)C(=O)OCCC[Si](OC)(O[Si](CC)(CC)CC)O[Si](CC)(CC)CC. The molecular weight excluding hydrogens is 404 g/mol. The summed E-state index contributed by atoms with van der Waals surface area (Å²) in [7, 11) is -4.91. The summed E-state index contributed by atoms with van der Waals surface area (Å²) in [5, 5.41) is 0. The minimum atomic E-state index is -2.86. The van der Waals surface area contributed by atoms with E-state index in [9.17, 15) is 4.79 Å². The average Bonchev–Trinajstić information content (AvgIpc) is 2.73. The molecule has 0 radical (unpaired) electrons. The van der Waals surface area contributed by atoms with Crippen LogP contribution in [-0.4, -0.2) is 45.1 Å². The van der Waals surface area contributed by atoms with Crippen LogP contribution < -0.4 is 0 Å². The molecule has 0 atom stereocenters. The van der Waals surface area contributed by atoms with Gasteiger partial charge >= 0.3 is 14.8 Å². The van der Waals surface area contributed by atoms with Crippen LogP contribution in [0.15, 0.2) is 12.2 Å². The van der Waals surface area contributed by atoms with Gasteiger partial charge in [-0.25, -0.2) is 4.79 Å². The first-order valence-electron chi connectivity index (χ1n) is 10.9. The molecule has 166 valence electrons. The van der Waals surface area contributed by atoms with E-state index in [-0.39, 0.29) is 5.97 Å². The van der Waals surface area contributed by atoms with Crippen molar-refractivity contribution in [1.29, 1.82) is 0 Å². The van der Waals surface area contributed by atoms with Gasteiger partial charge in [0.15, 0.2) is 16.6 Å². The Hall–Kier alpha value is -0.259. The van der Waals surface area contributed by atoms with E-state index in [1.165, 1.54) is 0 Å². The Morgan fingerprint density at radius 1 is 0.821 bits per heavy atom. The second kappa shape index (κ2) is 13.1. The van der Waals surface area contributed by atoms with E-state index in [1.54, 1.807) is 14.0 Å². The van der Waals surface area contributed by atoms with Gasteiger partial charge in [-0.15, -0.1) is 0 Å².